The van der Waals surface area contributed by atoms with E-state index in [1.165, 1.54) is 24.3 Å². The quantitative estimate of drug-likeness (QED) is 0.498. The normalized spacial score (nSPS) is 11.2. The lowest BCUT2D eigenvalue weighted by molar-refractivity contribution is -0.120. The Morgan fingerprint density at radius 2 is 2.06 bits per heavy atom. The van der Waals surface area contributed by atoms with Crippen molar-refractivity contribution >= 4 is 21.7 Å². The van der Waals surface area contributed by atoms with Crippen molar-refractivity contribution in [1.29, 1.82) is 0 Å². The largest absolute Gasteiger partial charge is 0.357 e. The van der Waals surface area contributed by atoms with Crippen molar-refractivity contribution in [2.75, 3.05) is 18.7 Å². The van der Waals surface area contributed by atoms with E-state index in [-0.39, 0.29) is 23.9 Å². The highest BCUT2D eigenvalue weighted by molar-refractivity contribution is 7.86. The Labute approximate surface area is 98.3 Å². The van der Waals surface area contributed by atoms with Gasteiger partial charge in [-0.3, -0.25) is 9.35 Å². The minimum atomic E-state index is -4.38. The molecule has 0 saturated heterocycles. The molecular weight excluding hydrogens is 248 g/mol. The fourth-order valence-corrected chi connectivity index (χ4v) is 1.78. The van der Waals surface area contributed by atoms with E-state index >= 15 is 0 Å². The predicted octanol–water partition coefficient (Wildman–Crippen LogP) is -0.195. The first-order valence-electron chi connectivity index (χ1n) is 4.59. The molecule has 0 aliphatic rings. The summed E-state index contributed by atoms with van der Waals surface area (Å²) in [5.74, 6) is -0.563. The fraction of sp³-hybridized carbons (Fsp3) is 0.222. The Morgan fingerprint density at radius 3 is 2.65 bits per heavy atom. The number of para-hydroxylation sites is 1. The van der Waals surface area contributed by atoms with Crippen molar-refractivity contribution in [1.82, 2.24) is 0 Å². The summed E-state index contributed by atoms with van der Waals surface area (Å²) in [5.41, 5.74) is 5.02. The first kappa shape index (κ1) is 13.6. The monoisotopic (exact) mass is 260 g/mol. The van der Waals surface area contributed by atoms with E-state index in [1.54, 1.807) is 0 Å². The molecule has 7 nitrogen and oxygen atoms in total. The van der Waals surface area contributed by atoms with Crippen molar-refractivity contribution in [2.45, 2.75) is 4.90 Å². The maximum Gasteiger partial charge on any atom is 0.296 e. The molecule has 0 bridgehead atoms. The van der Waals surface area contributed by atoms with E-state index < -0.39 is 16.0 Å². The lowest BCUT2D eigenvalue weighted by Crippen LogP contribution is -2.21. The minimum Gasteiger partial charge on any atom is -0.357 e. The number of benzene rings is 1. The van der Waals surface area contributed by atoms with Crippen molar-refractivity contribution in [2.24, 2.45) is 5.73 Å². The van der Waals surface area contributed by atoms with Gasteiger partial charge in [0.1, 0.15) is 11.5 Å². The van der Waals surface area contributed by atoms with Crippen molar-refractivity contribution in [3.63, 3.8) is 0 Å². The Morgan fingerprint density at radius 1 is 1.41 bits per heavy atom. The minimum absolute atomic E-state index is 0.0133. The molecule has 1 rings (SSSR count). The average Bonchev–Trinajstić information content (AvgIpc) is 2.25. The molecule has 0 saturated carbocycles. The molecule has 8 heteroatoms. The second-order valence-corrected chi connectivity index (χ2v) is 4.42. The van der Waals surface area contributed by atoms with E-state index in [0.717, 1.165) is 0 Å². The molecule has 1 aromatic rings. The van der Waals surface area contributed by atoms with Gasteiger partial charge in [0.05, 0.1) is 12.4 Å². The summed E-state index contributed by atoms with van der Waals surface area (Å²) in [4.78, 5) is 10.9. The molecule has 1 aromatic carbocycles. The first-order chi connectivity index (χ1) is 7.95. The molecule has 0 aliphatic carbocycles. The summed E-state index contributed by atoms with van der Waals surface area (Å²) in [5, 5.41) is 2.29. The molecule has 0 aromatic heterocycles. The predicted molar refractivity (Wildman–Crippen MR) is 59.9 cm³/mol. The molecule has 0 unspecified atom stereocenters. The molecule has 4 N–H and O–H groups in total. The number of ether oxygens (including phenoxy) is 1. The zero-order chi connectivity index (χ0) is 12.9. The SMILES string of the molecule is NCOCC(=O)Nc1ccccc1S(=O)(=O)O. The van der Waals surface area contributed by atoms with Crippen LogP contribution in [-0.2, 0) is 19.6 Å². The maximum atomic E-state index is 11.3. The van der Waals surface area contributed by atoms with Crippen LogP contribution in [0.1, 0.15) is 0 Å². The second kappa shape index (κ2) is 5.73. The van der Waals surface area contributed by atoms with Crippen LogP contribution in [-0.4, -0.2) is 32.2 Å². The standard InChI is InChI=1S/C9H12N2O5S/c10-6-16-5-9(12)11-7-3-1-2-4-8(7)17(13,14)15/h1-4H,5-6,10H2,(H,11,12)(H,13,14,15). The molecule has 1 amide bonds. The highest BCUT2D eigenvalue weighted by atomic mass is 32.2. The van der Waals surface area contributed by atoms with Gasteiger partial charge in [0.15, 0.2) is 0 Å². The second-order valence-electron chi connectivity index (χ2n) is 3.03. The number of anilines is 1. The number of carbonyl (C=O) groups is 1. The first-order valence-corrected chi connectivity index (χ1v) is 6.03. The molecule has 94 valence electrons. The summed E-state index contributed by atoms with van der Waals surface area (Å²) < 4.78 is 35.6. The van der Waals surface area contributed by atoms with E-state index in [4.69, 9.17) is 10.3 Å². The third-order valence-corrected chi connectivity index (χ3v) is 2.70. The lowest BCUT2D eigenvalue weighted by Gasteiger charge is -2.08. The third kappa shape index (κ3) is 4.11. The van der Waals surface area contributed by atoms with Gasteiger partial charge in [-0.2, -0.15) is 8.42 Å². The summed E-state index contributed by atoms with van der Waals surface area (Å²) in [6, 6.07) is 5.47. The Hall–Kier alpha value is -1.48. The van der Waals surface area contributed by atoms with Gasteiger partial charge in [-0.25, -0.2) is 0 Å². The molecular formula is C9H12N2O5S. The molecule has 0 heterocycles. The van der Waals surface area contributed by atoms with Crippen LogP contribution in [0.25, 0.3) is 0 Å². The summed E-state index contributed by atoms with van der Waals surface area (Å²) >= 11 is 0. The van der Waals surface area contributed by atoms with E-state index in [9.17, 15) is 13.2 Å². The Bertz CT molecular complexity index is 500. The van der Waals surface area contributed by atoms with Crippen molar-refractivity contribution in [3.05, 3.63) is 24.3 Å². The Balaban J connectivity index is 2.88. The summed E-state index contributed by atoms with van der Waals surface area (Å²) in [6.07, 6.45) is 0. The molecule has 0 radical (unpaired) electrons. The molecule has 17 heavy (non-hydrogen) atoms. The zero-order valence-electron chi connectivity index (χ0n) is 8.79. The number of amides is 1. The highest BCUT2D eigenvalue weighted by Gasteiger charge is 2.16. The molecule has 0 aliphatic heterocycles. The van der Waals surface area contributed by atoms with Crippen LogP contribution in [0.5, 0.6) is 0 Å². The molecule has 0 spiro atoms. The summed E-state index contributed by atoms with van der Waals surface area (Å²) in [6.45, 7) is -0.413. The van der Waals surface area contributed by atoms with Crippen LogP contribution in [0, 0.1) is 0 Å². The van der Waals surface area contributed by atoms with Crippen LogP contribution in [0.4, 0.5) is 5.69 Å². The van der Waals surface area contributed by atoms with Crippen molar-refractivity contribution in [3.8, 4) is 0 Å². The van der Waals surface area contributed by atoms with E-state index in [2.05, 4.69) is 10.1 Å². The molecule has 0 atom stereocenters. The fourth-order valence-electron chi connectivity index (χ4n) is 1.13. The number of rotatable bonds is 5. The maximum absolute atomic E-state index is 11.3. The van der Waals surface area contributed by atoms with Gasteiger partial charge in [-0.15, -0.1) is 0 Å². The van der Waals surface area contributed by atoms with Gasteiger partial charge in [0.2, 0.25) is 5.91 Å². The van der Waals surface area contributed by atoms with Gasteiger partial charge in [0.25, 0.3) is 10.1 Å². The number of nitrogens with one attached hydrogen (secondary N) is 1. The van der Waals surface area contributed by atoms with Crippen LogP contribution in [0.15, 0.2) is 29.2 Å². The van der Waals surface area contributed by atoms with E-state index in [1.807, 2.05) is 0 Å². The topological polar surface area (TPSA) is 119 Å². The van der Waals surface area contributed by atoms with Crippen LogP contribution in [0.3, 0.4) is 0 Å². The van der Waals surface area contributed by atoms with Gasteiger partial charge in [0, 0.05) is 0 Å². The van der Waals surface area contributed by atoms with Gasteiger partial charge in [-0.1, -0.05) is 12.1 Å². The molecule has 0 fully saturated rings. The third-order valence-electron chi connectivity index (χ3n) is 1.79. The average molecular weight is 260 g/mol. The van der Waals surface area contributed by atoms with Crippen LogP contribution in [0.2, 0.25) is 0 Å². The summed E-state index contributed by atoms with van der Waals surface area (Å²) in [7, 11) is -4.38. The number of nitrogens with two attached hydrogens (primary N) is 1. The van der Waals surface area contributed by atoms with Crippen LogP contribution >= 0.6 is 0 Å². The Kier molecular flexibility index (Phi) is 4.58. The van der Waals surface area contributed by atoms with Gasteiger partial charge in [-0.05, 0) is 12.1 Å². The zero-order valence-corrected chi connectivity index (χ0v) is 9.61. The van der Waals surface area contributed by atoms with Crippen molar-refractivity contribution < 1.29 is 22.5 Å². The smallest absolute Gasteiger partial charge is 0.296 e. The number of hydrogen-bond acceptors (Lipinski definition) is 5. The number of hydrogen-bond donors (Lipinski definition) is 3. The van der Waals surface area contributed by atoms with E-state index in [0.29, 0.717) is 0 Å². The number of carbonyl (C=O) groups excluding carboxylic acids is 1. The van der Waals surface area contributed by atoms with Gasteiger partial charge >= 0.3 is 0 Å². The highest BCUT2D eigenvalue weighted by Crippen LogP contribution is 2.20. The lowest BCUT2D eigenvalue weighted by atomic mass is 10.3. The van der Waals surface area contributed by atoms with Crippen LogP contribution < -0.4 is 11.1 Å². The van der Waals surface area contributed by atoms with Gasteiger partial charge < -0.3 is 15.8 Å².